The number of dihydropyridines is 1. The van der Waals surface area contributed by atoms with E-state index in [2.05, 4.69) is 19.2 Å². The first-order valence-electron chi connectivity index (χ1n) is 11.4. The quantitative estimate of drug-likeness (QED) is 0.467. The Labute approximate surface area is 191 Å². The fourth-order valence-electron chi connectivity index (χ4n) is 4.51. The van der Waals surface area contributed by atoms with E-state index in [1.165, 1.54) is 0 Å². The lowest BCUT2D eigenvalue weighted by Gasteiger charge is -2.39. The Hall–Kier alpha value is -2.60. The first-order valence-corrected chi connectivity index (χ1v) is 11.4. The lowest BCUT2D eigenvalue weighted by molar-refractivity contribution is -0.140. The van der Waals surface area contributed by atoms with Crippen LogP contribution in [0.25, 0.3) is 0 Å². The number of carbonyl (C=O) groups is 2. The summed E-state index contributed by atoms with van der Waals surface area (Å²) in [6.07, 6.45) is 1.13. The van der Waals surface area contributed by atoms with E-state index in [1.807, 2.05) is 52.0 Å². The van der Waals surface area contributed by atoms with Gasteiger partial charge >= 0.3 is 5.97 Å². The van der Waals surface area contributed by atoms with Gasteiger partial charge in [-0.15, -0.1) is 0 Å². The Morgan fingerprint density at radius 2 is 1.91 bits per heavy atom. The summed E-state index contributed by atoms with van der Waals surface area (Å²) in [7, 11) is 0. The van der Waals surface area contributed by atoms with Gasteiger partial charge in [0.2, 0.25) is 0 Å². The molecule has 0 spiro atoms. The summed E-state index contributed by atoms with van der Waals surface area (Å²) < 4.78 is 16.9. The van der Waals surface area contributed by atoms with Crippen LogP contribution in [-0.4, -0.2) is 37.7 Å². The highest BCUT2D eigenvalue weighted by atomic mass is 16.6. The molecule has 1 heterocycles. The van der Waals surface area contributed by atoms with Crippen LogP contribution in [0.3, 0.4) is 0 Å². The third kappa shape index (κ3) is 5.23. The zero-order chi connectivity index (χ0) is 23.5. The van der Waals surface area contributed by atoms with Gasteiger partial charge in [-0.05, 0) is 45.6 Å². The van der Waals surface area contributed by atoms with Crippen molar-refractivity contribution in [1.82, 2.24) is 5.32 Å². The molecule has 1 aliphatic carbocycles. The Bertz CT molecular complexity index is 941. The van der Waals surface area contributed by atoms with Crippen LogP contribution in [0.4, 0.5) is 0 Å². The first-order chi connectivity index (χ1) is 15.1. The van der Waals surface area contributed by atoms with Crippen LogP contribution in [0.1, 0.15) is 65.9 Å². The number of nitrogens with one attached hydrogen (secondary N) is 1. The van der Waals surface area contributed by atoms with E-state index in [4.69, 9.17) is 14.2 Å². The second-order valence-electron chi connectivity index (χ2n) is 9.47. The summed E-state index contributed by atoms with van der Waals surface area (Å²) in [5.41, 5.74) is 3.36. The molecule has 1 aromatic carbocycles. The summed E-state index contributed by atoms with van der Waals surface area (Å²) in [5, 5.41) is 3.36. The van der Waals surface area contributed by atoms with Gasteiger partial charge in [-0.2, -0.15) is 0 Å². The molecule has 1 atom stereocenters. The number of allylic oxidation sites excluding steroid dienone is 3. The second-order valence-corrected chi connectivity index (χ2v) is 9.47. The zero-order valence-electron chi connectivity index (χ0n) is 20.0. The van der Waals surface area contributed by atoms with Crippen molar-refractivity contribution >= 4 is 11.8 Å². The predicted octanol–water partition coefficient (Wildman–Crippen LogP) is 4.66. The number of hydrogen-bond donors (Lipinski definition) is 1. The average Bonchev–Trinajstić information content (AvgIpc) is 2.69. The zero-order valence-corrected chi connectivity index (χ0v) is 20.0. The molecule has 1 aliphatic heterocycles. The summed E-state index contributed by atoms with van der Waals surface area (Å²) in [5.74, 6) is -0.251. The molecule has 2 aliphatic rings. The summed E-state index contributed by atoms with van der Waals surface area (Å²) in [6.45, 7) is 12.9. The van der Waals surface area contributed by atoms with E-state index < -0.39 is 11.9 Å². The molecule has 3 rings (SSSR count). The highest BCUT2D eigenvalue weighted by molar-refractivity contribution is 6.04. The van der Waals surface area contributed by atoms with Crippen LogP contribution in [0.15, 0.2) is 46.8 Å². The minimum atomic E-state index is -0.538. The Kier molecular flexibility index (Phi) is 7.44. The fraction of sp³-hybridized carbons (Fsp3) is 0.538. The number of Topliss-reactive ketones (excluding diaryl/α,β-unsaturated/α-hetero) is 1. The molecule has 0 bridgehead atoms. The van der Waals surface area contributed by atoms with Crippen molar-refractivity contribution in [2.24, 2.45) is 5.41 Å². The van der Waals surface area contributed by atoms with Crippen molar-refractivity contribution < 1.29 is 23.8 Å². The van der Waals surface area contributed by atoms with Gasteiger partial charge in [0.25, 0.3) is 0 Å². The van der Waals surface area contributed by atoms with Crippen molar-refractivity contribution in [1.29, 1.82) is 0 Å². The van der Waals surface area contributed by atoms with Gasteiger partial charge in [-0.1, -0.05) is 32.0 Å². The standard InChI is InChI=1S/C26H35NO5/c1-7-30-12-13-31-25(29)22-17(4)27-19-14-26(5,6)15-20(28)24(19)23(22)18-10-8-9-11-21(18)32-16(2)3/h8-11,16,23,27H,7,12-15H2,1-6H3/t23-/m1/s1. The van der Waals surface area contributed by atoms with E-state index >= 15 is 0 Å². The molecule has 6 heteroatoms. The number of para-hydroxylation sites is 1. The number of ether oxygens (including phenoxy) is 3. The van der Waals surface area contributed by atoms with Gasteiger partial charge < -0.3 is 19.5 Å². The van der Waals surface area contributed by atoms with Crippen molar-refractivity contribution in [3.05, 3.63) is 52.4 Å². The molecule has 0 unspecified atom stereocenters. The highest BCUT2D eigenvalue weighted by Gasteiger charge is 2.44. The number of ketones is 1. The van der Waals surface area contributed by atoms with E-state index in [9.17, 15) is 9.59 Å². The van der Waals surface area contributed by atoms with Crippen LogP contribution in [0, 0.1) is 5.41 Å². The van der Waals surface area contributed by atoms with Gasteiger partial charge in [-0.3, -0.25) is 4.79 Å². The summed E-state index contributed by atoms with van der Waals surface area (Å²) >= 11 is 0. The van der Waals surface area contributed by atoms with Crippen LogP contribution < -0.4 is 10.1 Å². The number of carbonyl (C=O) groups excluding carboxylic acids is 2. The van der Waals surface area contributed by atoms with Crippen LogP contribution in [0.2, 0.25) is 0 Å². The second kappa shape index (κ2) is 9.90. The van der Waals surface area contributed by atoms with Crippen LogP contribution >= 0.6 is 0 Å². The molecule has 174 valence electrons. The van der Waals surface area contributed by atoms with Gasteiger partial charge in [0.15, 0.2) is 5.78 Å². The average molecular weight is 442 g/mol. The molecule has 0 saturated carbocycles. The molecular formula is C26H35NO5. The topological polar surface area (TPSA) is 73.9 Å². The Morgan fingerprint density at radius 1 is 1.19 bits per heavy atom. The molecule has 1 N–H and O–H groups in total. The minimum absolute atomic E-state index is 0.0426. The Morgan fingerprint density at radius 3 is 2.59 bits per heavy atom. The minimum Gasteiger partial charge on any atom is -0.491 e. The fourth-order valence-corrected chi connectivity index (χ4v) is 4.51. The maximum Gasteiger partial charge on any atom is 0.336 e. The normalized spacial score (nSPS) is 20.2. The van der Waals surface area contributed by atoms with Gasteiger partial charge in [0.1, 0.15) is 12.4 Å². The summed E-state index contributed by atoms with van der Waals surface area (Å²) in [4.78, 5) is 26.6. The van der Waals surface area contributed by atoms with Crippen LogP contribution in [0.5, 0.6) is 5.75 Å². The number of rotatable bonds is 8. The van der Waals surface area contributed by atoms with Gasteiger partial charge in [0, 0.05) is 35.6 Å². The molecule has 0 aromatic heterocycles. The van der Waals surface area contributed by atoms with Crippen molar-refractivity contribution in [2.45, 2.75) is 66.4 Å². The molecular weight excluding hydrogens is 406 g/mol. The Balaban J connectivity index is 2.09. The van der Waals surface area contributed by atoms with Gasteiger partial charge in [0.05, 0.1) is 24.2 Å². The number of esters is 1. The number of hydrogen-bond acceptors (Lipinski definition) is 6. The molecule has 0 saturated heterocycles. The molecule has 32 heavy (non-hydrogen) atoms. The number of benzene rings is 1. The van der Waals surface area contributed by atoms with Crippen molar-refractivity contribution in [2.75, 3.05) is 19.8 Å². The van der Waals surface area contributed by atoms with Crippen molar-refractivity contribution in [3.63, 3.8) is 0 Å². The SMILES string of the molecule is CCOCCOC(=O)C1=C(C)NC2=C(C(=O)CC(C)(C)C2)[C@@H]1c1ccccc1OC(C)C. The molecule has 0 fully saturated rings. The van der Waals surface area contributed by atoms with E-state index in [0.717, 1.165) is 17.7 Å². The van der Waals surface area contributed by atoms with Crippen LogP contribution in [-0.2, 0) is 19.1 Å². The highest BCUT2D eigenvalue weighted by Crippen LogP contribution is 2.48. The smallest absolute Gasteiger partial charge is 0.336 e. The van der Waals surface area contributed by atoms with E-state index in [0.29, 0.717) is 42.2 Å². The maximum absolute atomic E-state index is 13.4. The van der Waals surface area contributed by atoms with Gasteiger partial charge in [-0.25, -0.2) is 4.79 Å². The molecule has 6 nitrogen and oxygen atoms in total. The molecule has 1 aromatic rings. The lowest BCUT2D eigenvalue weighted by atomic mass is 9.68. The molecule has 0 amide bonds. The molecule has 0 radical (unpaired) electrons. The van der Waals surface area contributed by atoms with Crippen molar-refractivity contribution in [3.8, 4) is 5.75 Å². The third-order valence-corrected chi connectivity index (χ3v) is 5.72. The predicted molar refractivity (Wildman–Crippen MR) is 123 cm³/mol. The first kappa shape index (κ1) is 24.1. The third-order valence-electron chi connectivity index (χ3n) is 5.72. The lowest BCUT2D eigenvalue weighted by Crippen LogP contribution is -2.39. The largest absolute Gasteiger partial charge is 0.491 e. The summed E-state index contributed by atoms with van der Waals surface area (Å²) in [6, 6.07) is 7.64. The monoisotopic (exact) mass is 441 g/mol. The maximum atomic E-state index is 13.4. The van der Waals surface area contributed by atoms with E-state index in [-0.39, 0.29) is 23.9 Å². The van der Waals surface area contributed by atoms with E-state index in [1.54, 1.807) is 0 Å².